The minimum Gasteiger partial charge on any atom is -0.472 e. The highest BCUT2D eigenvalue weighted by Gasteiger charge is 2.23. The van der Waals surface area contributed by atoms with Gasteiger partial charge in [-0.3, -0.25) is 4.98 Å². The molecule has 4 heterocycles. The molecular formula is C16H19N7O2. The number of piperazine rings is 1. The predicted octanol–water partition coefficient (Wildman–Crippen LogP) is 1.06. The van der Waals surface area contributed by atoms with Gasteiger partial charge in [0.25, 0.3) is 0 Å². The summed E-state index contributed by atoms with van der Waals surface area (Å²) in [5.41, 5.74) is 1.68. The minimum atomic E-state index is -0.0613. The van der Waals surface area contributed by atoms with Gasteiger partial charge >= 0.3 is 6.03 Å². The van der Waals surface area contributed by atoms with E-state index in [0.717, 1.165) is 30.1 Å². The Morgan fingerprint density at radius 2 is 2.12 bits per heavy atom. The van der Waals surface area contributed by atoms with Crippen LogP contribution in [0.15, 0.2) is 35.4 Å². The Morgan fingerprint density at radius 1 is 1.28 bits per heavy atom. The zero-order valence-electron chi connectivity index (χ0n) is 13.9. The first-order chi connectivity index (χ1) is 12.2. The third-order valence-corrected chi connectivity index (χ3v) is 4.25. The number of anilines is 1. The van der Waals surface area contributed by atoms with E-state index in [9.17, 15) is 4.79 Å². The fourth-order valence-electron chi connectivity index (χ4n) is 2.95. The van der Waals surface area contributed by atoms with Gasteiger partial charge in [0.05, 0.1) is 24.9 Å². The van der Waals surface area contributed by atoms with Crippen LogP contribution in [0, 0.1) is 6.92 Å². The maximum atomic E-state index is 12.3. The molecule has 9 nitrogen and oxygen atoms in total. The number of furan rings is 1. The second kappa shape index (κ2) is 6.42. The number of rotatable bonds is 3. The summed E-state index contributed by atoms with van der Waals surface area (Å²) < 4.78 is 6.80. The zero-order valence-corrected chi connectivity index (χ0v) is 13.9. The van der Waals surface area contributed by atoms with Gasteiger partial charge in [0.15, 0.2) is 11.5 Å². The quantitative estimate of drug-likeness (QED) is 0.766. The smallest absolute Gasteiger partial charge is 0.317 e. The summed E-state index contributed by atoms with van der Waals surface area (Å²) in [7, 11) is 0. The number of hydrogen-bond donors (Lipinski definition) is 1. The number of amides is 2. The van der Waals surface area contributed by atoms with Crippen molar-refractivity contribution in [3.63, 3.8) is 0 Å². The molecule has 1 N–H and O–H groups in total. The molecule has 9 heteroatoms. The maximum absolute atomic E-state index is 12.3. The summed E-state index contributed by atoms with van der Waals surface area (Å²) in [6.45, 7) is 5.05. The van der Waals surface area contributed by atoms with E-state index in [1.807, 2.05) is 17.9 Å². The van der Waals surface area contributed by atoms with Crippen molar-refractivity contribution in [2.45, 2.75) is 13.5 Å². The topological polar surface area (TPSA) is 91.8 Å². The second-order valence-corrected chi connectivity index (χ2v) is 5.96. The van der Waals surface area contributed by atoms with Crippen LogP contribution in [0.4, 0.5) is 10.6 Å². The first-order valence-corrected chi connectivity index (χ1v) is 8.17. The van der Waals surface area contributed by atoms with E-state index in [-0.39, 0.29) is 6.03 Å². The first-order valence-electron chi connectivity index (χ1n) is 8.17. The van der Waals surface area contributed by atoms with E-state index in [0.29, 0.717) is 25.5 Å². The van der Waals surface area contributed by atoms with Gasteiger partial charge in [-0.1, -0.05) is 0 Å². The van der Waals surface area contributed by atoms with Crippen LogP contribution in [0.25, 0.3) is 5.65 Å². The number of urea groups is 1. The van der Waals surface area contributed by atoms with Crippen molar-refractivity contribution >= 4 is 17.5 Å². The molecule has 25 heavy (non-hydrogen) atoms. The van der Waals surface area contributed by atoms with Crippen molar-refractivity contribution in [1.29, 1.82) is 0 Å². The molecule has 0 atom stereocenters. The molecule has 0 spiro atoms. The molecule has 0 unspecified atom stereocenters. The van der Waals surface area contributed by atoms with Crippen LogP contribution >= 0.6 is 0 Å². The number of nitrogens with zero attached hydrogens (tertiary/aromatic N) is 6. The lowest BCUT2D eigenvalue weighted by Crippen LogP contribution is -2.52. The van der Waals surface area contributed by atoms with Gasteiger partial charge in [0, 0.05) is 38.3 Å². The number of carbonyl (C=O) groups is 1. The van der Waals surface area contributed by atoms with E-state index in [1.54, 1.807) is 29.4 Å². The summed E-state index contributed by atoms with van der Waals surface area (Å²) in [4.78, 5) is 24.9. The summed E-state index contributed by atoms with van der Waals surface area (Å²) in [5, 5.41) is 7.33. The van der Waals surface area contributed by atoms with Gasteiger partial charge in [-0.05, 0) is 13.0 Å². The molecule has 1 aliphatic heterocycles. The van der Waals surface area contributed by atoms with Crippen molar-refractivity contribution in [1.82, 2.24) is 29.8 Å². The van der Waals surface area contributed by atoms with E-state index in [1.165, 1.54) is 0 Å². The molecule has 1 fully saturated rings. The summed E-state index contributed by atoms with van der Waals surface area (Å²) in [5.74, 6) is 1.61. The molecule has 2 amide bonds. The Hall–Kier alpha value is -3.10. The Bertz CT molecular complexity index is 866. The Balaban J connectivity index is 1.38. The molecule has 0 aromatic carbocycles. The Labute approximate surface area is 144 Å². The fraction of sp³-hybridized carbons (Fsp3) is 0.375. The zero-order chi connectivity index (χ0) is 17.2. The average Bonchev–Trinajstić information content (AvgIpc) is 3.27. The van der Waals surface area contributed by atoms with E-state index < -0.39 is 0 Å². The van der Waals surface area contributed by atoms with E-state index in [2.05, 4.69) is 25.3 Å². The molecule has 3 aromatic rings. The van der Waals surface area contributed by atoms with Gasteiger partial charge < -0.3 is 19.5 Å². The second-order valence-electron chi connectivity index (χ2n) is 5.96. The molecule has 1 aliphatic rings. The Morgan fingerprint density at radius 3 is 2.88 bits per heavy atom. The standard InChI is InChI=1S/C16H19N7O2/c1-12-19-14-9-17-10-15(23(14)20-12)21-3-5-22(6-4-21)16(24)18-8-13-2-7-25-11-13/h2,7,9-11H,3-6,8H2,1H3,(H,18,24). The van der Waals surface area contributed by atoms with Crippen LogP contribution in [0.5, 0.6) is 0 Å². The normalized spacial score (nSPS) is 14.9. The van der Waals surface area contributed by atoms with Crippen molar-refractivity contribution in [3.05, 3.63) is 42.4 Å². The highest BCUT2D eigenvalue weighted by Crippen LogP contribution is 2.16. The molecule has 0 bridgehead atoms. The van der Waals surface area contributed by atoms with Crippen LogP contribution in [0.2, 0.25) is 0 Å². The van der Waals surface area contributed by atoms with Crippen LogP contribution in [0.3, 0.4) is 0 Å². The fourth-order valence-corrected chi connectivity index (χ4v) is 2.95. The van der Waals surface area contributed by atoms with Gasteiger partial charge in [-0.15, -0.1) is 5.10 Å². The maximum Gasteiger partial charge on any atom is 0.317 e. The molecule has 0 aliphatic carbocycles. The molecule has 1 saturated heterocycles. The molecule has 4 rings (SSSR count). The van der Waals surface area contributed by atoms with Gasteiger partial charge in [-0.2, -0.15) is 4.52 Å². The number of aromatic nitrogens is 4. The van der Waals surface area contributed by atoms with Crippen molar-refractivity contribution in [2.24, 2.45) is 0 Å². The number of nitrogens with one attached hydrogen (secondary N) is 1. The highest BCUT2D eigenvalue weighted by atomic mass is 16.3. The van der Waals surface area contributed by atoms with E-state index in [4.69, 9.17) is 4.42 Å². The number of fused-ring (bicyclic) bond motifs is 1. The van der Waals surface area contributed by atoms with Gasteiger partial charge in [-0.25, -0.2) is 9.78 Å². The lowest BCUT2D eigenvalue weighted by molar-refractivity contribution is 0.193. The minimum absolute atomic E-state index is 0.0613. The molecule has 0 radical (unpaired) electrons. The summed E-state index contributed by atoms with van der Waals surface area (Å²) in [6, 6.07) is 1.78. The third kappa shape index (κ3) is 3.12. The van der Waals surface area contributed by atoms with Crippen LogP contribution < -0.4 is 10.2 Å². The monoisotopic (exact) mass is 341 g/mol. The van der Waals surface area contributed by atoms with Crippen LogP contribution in [-0.4, -0.2) is 56.7 Å². The first kappa shape index (κ1) is 15.4. The highest BCUT2D eigenvalue weighted by molar-refractivity contribution is 5.74. The number of hydrogen-bond acceptors (Lipinski definition) is 6. The lowest BCUT2D eigenvalue weighted by Gasteiger charge is -2.35. The summed E-state index contributed by atoms with van der Waals surface area (Å²) in [6.07, 6.45) is 6.71. The van der Waals surface area contributed by atoms with Crippen LogP contribution in [0.1, 0.15) is 11.4 Å². The largest absolute Gasteiger partial charge is 0.472 e. The number of aryl methyl sites for hydroxylation is 1. The third-order valence-electron chi connectivity index (χ3n) is 4.25. The van der Waals surface area contributed by atoms with Gasteiger partial charge in [0.1, 0.15) is 5.82 Å². The van der Waals surface area contributed by atoms with E-state index >= 15 is 0 Å². The molecular weight excluding hydrogens is 322 g/mol. The average molecular weight is 341 g/mol. The van der Waals surface area contributed by atoms with Crippen molar-refractivity contribution in [2.75, 3.05) is 31.1 Å². The number of carbonyl (C=O) groups excluding carboxylic acids is 1. The van der Waals surface area contributed by atoms with Crippen molar-refractivity contribution in [3.8, 4) is 0 Å². The molecule has 130 valence electrons. The lowest BCUT2D eigenvalue weighted by atomic mass is 10.3. The van der Waals surface area contributed by atoms with Crippen molar-refractivity contribution < 1.29 is 9.21 Å². The van der Waals surface area contributed by atoms with Crippen LogP contribution in [-0.2, 0) is 6.54 Å². The Kier molecular flexibility index (Phi) is 3.96. The summed E-state index contributed by atoms with van der Waals surface area (Å²) >= 11 is 0. The molecule has 3 aromatic heterocycles. The molecule has 0 saturated carbocycles. The predicted molar refractivity (Wildman–Crippen MR) is 90.2 cm³/mol. The SMILES string of the molecule is Cc1nc2cncc(N3CCN(C(=O)NCc4ccoc4)CC3)n2n1. The van der Waals surface area contributed by atoms with Gasteiger partial charge in [0.2, 0.25) is 0 Å².